The SMILES string of the molecule is COc1cc(CCCN2CCCC2)cc(F)c1OC.NC(=O)C(=O)c1ccc(-c2ccc3cnoc3c2)cc1. The summed E-state index contributed by atoms with van der Waals surface area (Å²) in [6, 6.07) is 15.8. The number of amides is 1. The summed E-state index contributed by atoms with van der Waals surface area (Å²) < 4.78 is 29.1. The third-order valence-electron chi connectivity index (χ3n) is 6.69. The second-order valence-corrected chi connectivity index (χ2v) is 9.31. The molecular weight excluding hydrogens is 501 g/mol. The molecule has 1 fully saturated rings. The molecule has 9 heteroatoms. The number of benzene rings is 3. The maximum atomic E-state index is 13.8. The third-order valence-corrected chi connectivity index (χ3v) is 6.69. The van der Waals surface area contributed by atoms with Gasteiger partial charge in [-0.2, -0.15) is 0 Å². The first-order valence-corrected chi connectivity index (χ1v) is 12.8. The Labute approximate surface area is 226 Å². The number of halogens is 1. The zero-order valence-electron chi connectivity index (χ0n) is 22.1. The monoisotopic (exact) mass is 533 g/mol. The largest absolute Gasteiger partial charge is 0.493 e. The number of carbonyl (C=O) groups excluding carboxylic acids is 2. The number of aryl methyl sites for hydroxylation is 1. The van der Waals surface area contributed by atoms with Crippen LogP contribution in [0.5, 0.6) is 11.5 Å². The van der Waals surface area contributed by atoms with Gasteiger partial charge in [0.05, 0.1) is 20.4 Å². The predicted molar refractivity (Wildman–Crippen MR) is 146 cm³/mol. The number of nitrogens with zero attached hydrogens (tertiary/aromatic N) is 2. The fraction of sp³-hybridized carbons (Fsp3) is 0.300. The molecule has 204 valence electrons. The Balaban J connectivity index is 0.000000181. The molecule has 2 heterocycles. The number of methoxy groups -OCH3 is 2. The molecule has 0 spiro atoms. The van der Waals surface area contributed by atoms with Crippen LogP contribution in [0.2, 0.25) is 0 Å². The van der Waals surface area contributed by atoms with E-state index in [-0.39, 0.29) is 17.1 Å². The summed E-state index contributed by atoms with van der Waals surface area (Å²) in [6.45, 7) is 3.51. The summed E-state index contributed by atoms with van der Waals surface area (Å²) in [6.07, 6.45) is 6.19. The normalized spacial score (nSPS) is 13.1. The van der Waals surface area contributed by atoms with Crippen LogP contribution in [-0.2, 0) is 11.2 Å². The van der Waals surface area contributed by atoms with Crippen molar-refractivity contribution in [1.29, 1.82) is 0 Å². The van der Waals surface area contributed by atoms with Crippen LogP contribution in [0.25, 0.3) is 22.1 Å². The van der Waals surface area contributed by atoms with Gasteiger partial charge in [-0.05, 0) is 86.3 Å². The van der Waals surface area contributed by atoms with E-state index in [4.69, 9.17) is 19.7 Å². The Morgan fingerprint density at radius 1 is 1.00 bits per heavy atom. The van der Waals surface area contributed by atoms with Crippen molar-refractivity contribution in [2.75, 3.05) is 33.9 Å². The number of nitrogens with two attached hydrogens (primary N) is 1. The number of hydrogen-bond acceptors (Lipinski definition) is 7. The van der Waals surface area contributed by atoms with Crippen molar-refractivity contribution in [1.82, 2.24) is 10.1 Å². The van der Waals surface area contributed by atoms with Crippen LogP contribution in [-0.4, -0.2) is 55.6 Å². The summed E-state index contributed by atoms with van der Waals surface area (Å²) in [4.78, 5) is 24.7. The van der Waals surface area contributed by atoms with Crippen LogP contribution in [0, 0.1) is 5.82 Å². The molecule has 8 nitrogen and oxygen atoms in total. The van der Waals surface area contributed by atoms with Crippen molar-refractivity contribution in [3.63, 3.8) is 0 Å². The minimum absolute atomic E-state index is 0.186. The molecule has 0 saturated carbocycles. The zero-order chi connectivity index (χ0) is 27.8. The van der Waals surface area contributed by atoms with Gasteiger partial charge in [0.1, 0.15) is 0 Å². The second kappa shape index (κ2) is 13.0. The van der Waals surface area contributed by atoms with E-state index in [9.17, 15) is 14.0 Å². The molecule has 0 radical (unpaired) electrons. The van der Waals surface area contributed by atoms with Gasteiger partial charge in [-0.25, -0.2) is 4.39 Å². The lowest BCUT2D eigenvalue weighted by atomic mass is 10.0. The van der Waals surface area contributed by atoms with Crippen LogP contribution in [0.4, 0.5) is 4.39 Å². The Hall–Kier alpha value is -4.24. The summed E-state index contributed by atoms with van der Waals surface area (Å²) in [5, 5.41) is 4.65. The maximum Gasteiger partial charge on any atom is 0.289 e. The number of rotatable bonds is 9. The molecule has 0 bridgehead atoms. The highest BCUT2D eigenvalue weighted by atomic mass is 19.1. The number of likely N-dealkylation sites (tertiary alicyclic amines) is 1. The lowest BCUT2D eigenvalue weighted by Gasteiger charge is -2.15. The lowest BCUT2D eigenvalue weighted by molar-refractivity contribution is -0.114. The second-order valence-electron chi connectivity index (χ2n) is 9.31. The van der Waals surface area contributed by atoms with Gasteiger partial charge in [-0.15, -0.1) is 0 Å². The molecule has 1 aliphatic heterocycles. The highest BCUT2D eigenvalue weighted by molar-refractivity contribution is 6.42. The highest BCUT2D eigenvalue weighted by Gasteiger charge is 2.14. The molecule has 1 saturated heterocycles. The van der Waals surface area contributed by atoms with E-state index in [0.717, 1.165) is 41.5 Å². The van der Waals surface area contributed by atoms with E-state index in [0.29, 0.717) is 11.3 Å². The summed E-state index contributed by atoms with van der Waals surface area (Å²) in [5.41, 5.74) is 8.74. The molecule has 3 aromatic carbocycles. The van der Waals surface area contributed by atoms with E-state index in [1.54, 1.807) is 36.5 Å². The van der Waals surface area contributed by atoms with Crippen LogP contribution >= 0.6 is 0 Å². The number of hydrogen-bond donors (Lipinski definition) is 1. The molecule has 2 N–H and O–H groups in total. The number of ketones is 1. The van der Waals surface area contributed by atoms with Crippen molar-refractivity contribution < 1.29 is 28.0 Å². The summed E-state index contributed by atoms with van der Waals surface area (Å²) >= 11 is 0. The molecule has 1 aromatic heterocycles. The molecule has 0 atom stereocenters. The molecular formula is C30H32FN3O5. The van der Waals surface area contributed by atoms with Gasteiger partial charge in [0.2, 0.25) is 5.78 Å². The summed E-state index contributed by atoms with van der Waals surface area (Å²) in [7, 11) is 2.99. The number of carbonyl (C=O) groups is 2. The molecule has 0 aliphatic carbocycles. The van der Waals surface area contributed by atoms with Crippen LogP contribution < -0.4 is 15.2 Å². The lowest BCUT2D eigenvalue weighted by Crippen LogP contribution is -2.22. The van der Waals surface area contributed by atoms with Crippen molar-refractivity contribution in [3.05, 3.63) is 77.7 Å². The fourth-order valence-corrected chi connectivity index (χ4v) is 4.62. The molecule has 1 amide bonds. The topological polar surface area (TPSA) is 108 Å². The Morgan fingerprint density at radius 3 is 2.38 bits per heavy atom. The number of ether oxygens (including phenoxy) is 2. The molecule has 4 aromatic rings. The van der Waals surface area contributed by atoms with Gasteiger partial charge in [-0.1, -0.05) is 35.5 Å². The fourth-order valence-electron chi connectivity index (χ4n) is 4.62. The van der Waals surface area contributed by atoms with Gasteiger partial charge in [0.15, 0.2) is 22.9 Å². The van der Waals surface area contributed by atoms with Crippen molar-refractivity contribution >= 4 is 22.7 Å². The average molecular weight is 534 g/mol. The number of Topliss-reactive ketones (excluding diaryl/α,β-unsaturated/α-hetero) is 1. The van der Waals surface area contributed by atoms with Gasteiger partial charge in [-0.3, -0.25) is 9.59 Å². The molecule has 1 aliphatic rings. The Bertz CT molecular complexity index is 1430. The van der Waals surface area contributed by atoms with E-state index in [1.807, 2.05) is 24.3 Å². The Morgan fingerprint density at radius 2 is 1.72 bits per heavy atom. The number of fused-ring (bicyclic) bond motifs is 1. The molecule has 0 unspecified atom stereocenters. The first kappa shape index (κ1) is 27.8. The zero-order valence-corrected chi connectivity index (χ0v) is 22.1. The Kier molecular flexibility index (Phi) is 9.27. The van der Waals surface area contributed by atoms with Gasteiger partial charge < -0.3 is 24.6 Å². The average Bonchev–Trinajstić information content (AvgIpc) is 3.64. The summed E-state index contributed by atoms with van der Waals surface area (Å²) in [5.74, 6) is -1.34. The van der Waals surface area contributed by atoms with E-state index < -0.39 is 11.7 Å². The van der Waals surface area contributed by atoms with Crippen molar-refractivity contribution in [2.45, 2.75) is 25.7 Å². The quantitative estimate of drug-likeness (QED) is 0.237. The van der Waals surface area contributed by atoms with Crippen molar-refractivity contribution in [2.24, 2.45) is 5.73 Å². The minimum atomic E-state index is -0.958. The molecule has 39 heavy (non-hydrogen) atoms. The van der Waals surface area contributed by atoms with Gasteiger partial charge in [0, 0.05) is 10.9 Å². The van der Waals surface area contributed by atoms with Gasteiger partial charge in [0.25, 0.3) is 5.91 Å². The van der Waals surface area contributed by atoms with E-state index in [1.165, 1.54) is 40.2 Å². The first-order valence-electron chi connectivity index (χ1n) is 12.8. The van der Waals surface area contributed by atoms with Crippen LogP contribution in [0.3, 0.4) is 0 Å². The van der Waals surface area contributed by atoms with Crippen LogP contribution in [0.15, 0.2) is 65.3 Å². The standard InChI is InChI=1S/C15H22FNO2.C15H10N2O3/c1-18-14-11-12(10-13(16)15(14)19-2)6-5-9-17-7-3-4-8-17;16-15(19)14(18)10-3-1-9(2-4-10)11-5-6-12-8-17-20-13(12)7-11/h10-11H,3-9H2,1-2H3;1-8H,(H2,16,19). The smallest absolute Gasteiger partial charge is 0.289 e. The first-order chi connectivity index (χ1) is 18.9. The number of primary amides is 1. The van der Waals surface area contributed by atoms with E-state index >= 15 is 0 Å². The van der Waals surface area contributed by atoms with Gasteiger partial charge >= 0.3 is 0 Å². The van der Waals surface area contributed by atoms with Crippen LogP contribution in [0.1, 0.15) is 35.2 Å². The third kappa shape index (κ3) is 7.00. The van der Waals surface area contributed by atoms with E-state index in [2.05, 4.69) is 10.1 Å². The number of aromatic nitrogens is 1. The maximum absolute atomic E-state index is 13.8. The minimum Gasteiger partial charge on any atom is -0.493 e. The predicted octanol–water partition coefficient (Wildman–Crippen LogP) is 5.03. The molecule has 5 rings (SSSR count). The van der Waals surface area contributed by atoms with Crippen molar-refractivity contribution in [3.8, 4) is 22.6 Å². The highest BCUT2D eigenvalue weighted by Crippen LogP contribution is 2.31.